The summed E-state index contributed by atoms with van der Waals surface area (Å²) in [6, 6.07) is 5.33. The molecular formula is C22H27N5O5S. The second-order valence-corrected chi connectivity index (χ2v) is 10.5. The van der Waals surface area contributed by atoms with Crippen LogP contribution in [0.4, 0.5) is 28.4 Å². The second kappa shape index (κ2) is 8.97. The van der Waals surface area contributed by atoms with Crippen LogP contribution in [0.3, 0.4) is 0 Å². The van der Waals surface area contributed by atoms with Crippen molar-refractivity contribution >= 4 is 38.5 Å². The van der Waals surface area contributed by atoms with Crippen LogP contribution in [0.5, 0.6) is 5.75 Å². The topological polar surface area (TPSA) is 138 Å². The third-order valence-corrected chi connectivity index (χ3v) is 8.17. The first-order chi connectivity index (χ1) is 15.7. The number of hydrogen-bond acceptors (Lipinski definition) is 8. The number of sulfonamides is 1. The summed E-state index contributed by atoms with van der Waals surface area (Å²) in [7, 11) is -3.66. The average Bonchev–Trinajstić information content (AvgIpc) is 2.79. The van der Waals surface area contributed by atoms with Gasteiger partial charge in [0.15, 0.2) is 0 Å². The molecule has 2 N–H and O–H groups in total. The number of rotatable bonds is 7. The Bertz CT molecular complexity index is 1230. The number of benzene rings is 2. The first-order valence-electron chi connectivity index (χ1n) is 11.1. The van der Waals surface area contributed by atoms with E-state index in [4.69, 9.17) is 0 Å². The molecule has 0 aliphatic carbocycles. The van der Waals surface area contributed by atoms with Crippen LogP contribution in [0.25, 0.3) is 0 Å². The van der Waals surface area contributed by atoms with Crippen molar-refractivity contribution < 1.29 is 18.4 Å². The molecule has 0 bridgehead atoms. The van der Waals surface area contributed by atoms with Crippen molar-refractivity contribution in [3.8, 4) is 5.75 Å². The smallest absolute Gasteiger partial charge is 0.271 e. The molecule has 4 rings (SSSR count). The number of non-ortho nitro benzene ring substituents is 1. The molecule has 0 saturated heterocycles. The van der Waals surface area contributed by atoms with Crippen molar-refractivity contribution in [1.82, 2.24) is 0 Å². The van der Waals surface area contributed by atoms with Gasteiger partial charge in [0.1, 0.15) is 17.1 Å². The summed E-state index contributed by atoms with van der Waals surface area (Å²) in [5.41, 5.74) is 3.51. The summed E-state index contributed by atoms with van der Waals surface area (Å²) in [6.07, 6.45) is 3.91. The molecule has 0 saturated carbocycles. The fourth-order valence-electron chi connectivity index (χ4n) is 4.31. The Kier molecular flexibility index (Phi) is 6.24. The van der Waals surface area contributed by atoms with Gasteiger partial charge in [0.25, 0.3) is 5.69 Å². The lowest BCUT2D eigenvalue weighted by molar-refractivity contribution is -0.384. The maximum Gasteiger partial charge on any atom is 0.271 e. The number of aromatic hydroxyl groups is 1. The van der Waals surface area contributed by atoms with E-state index in [2.05, 4.69) is 19.9 Å². The van der Waals surface area contributed by atoms with Gasteiger partial charge in [-0.25, -0.2) is 8.42 Å². The van der Waals surface area contributed by atoms with E-state index in [0.717, 1.165) is 55.2 Å². The van der Waals surface area contributed by atoms with Crippen LogP contribution in [0.1, 0.15) is 44.2 Å². The van der Waals surface area contributed by atoms with E-state index in [1.54, 1.807) is 6.92 Å². The Hall–Kier alpha value is -3.21. The molecule has 33 heavy (non-hydrogen) atoms. The Labute approximate surface area is 192 Å². The molecule has 0 aromatic heterocycles. The highest BCUT2D eigenvalue weighted by Crippen LogP contribution is 2.45. The summed E-state index contributed by atoms with van der Waals surface area (Å²) in [5.74, 6) is -0.253. The number of phenols is 1. The minimum atomic E-state index is -3.66. The third kappa shape index (κ3) is 4.50. The number of azo groups is 1. The fraction of sp³-hybridized carbons (Fsp3) is 0.455. The van der Waals surface area contributed by atoms with Crippen molar-refractivity contribution in [3.05, 3.63) is 45.5 Å². The number of nitro benzene ring substituents is 1. The molecule has 1 unspecified atom stereocenters. The normalized spacial score (nSPS) is 16.5. The zero-order valence-corrected chi connectivity index (χ0v) is 19.4. The summed E-state index contributed by atoms with van der Waals surface area (Å²) >= 11 is 0. The molecule has 176 valence electrons. The number of anilines is 2. The molecule has 0 spiro atoms. The molecule has 1 atom stereocenters. The van der Waals surface area contributed by atoms with Crippen molar-refractivity contribution in [2.24, 2.45) is 10.2 Å². The first-order valence-corrected chi connectivity index (χ1v) is 12.6. The number of nitrogens with one attached hydrogen (secondary N) is 1. The van der Waals surface area contributed by atoms with Crippen molar-refractivity contribution in [1.29, 1.82) is 0 Å². The van der Waals surface area contributed by atoms with E-state index in [-0.39, 0.29) is 17.1 Å². The number of nitrogens with zero attached hydrogens (tertiary/aromatic N) is 4. The predicted octanol–water partition coefficient (Wildman–Crippen LogP) is 4.95. The number of phenolic OH excluding ortho intramolecular Hbond substituents is 1. The maximum atomic E-state index is 13.0. The summed E-state index contributed by atoms with van der Waals surface area (Å²) < 4.78 is 28.7. The van der Waals surface area contributed by atoms with E-state index >= 15 is 0 Å². The monoisotopic (exact) mass is 473 g/mol. The standard InChI is InChI=1S/C22H27N5O5S/c1-3-14(2)33(31,32)25-21-17-7-5-11-26-10-4-6-15(22(17)26)12-19(21)24-23-18-13-16(27(29)30)8-9-20(18)28/h8-9,12-14,25,28H,3-7,10-11H2,1-2H3. The summed E-state index contributed by atoms with van der Waals surface area (Å²) in [4.78, 5) is 12.8. The van der Waals surface area contributed by atoms with Gasteiger partial charge in [-0.1, -0.05) is 6.92 Å². The molecule has 2 aliphatic heterocycles. The van der Waals surface area contributed by atoms with E-state index in [9.17, 15) is 23.6 Å². The van der Waals surface area contributed by atoms with Gasteiger partial charge in [-0.15, -0.1) is 10.2 Å². The largest absolute Gasteiger partial charge is 0.506 e. The molecule has 0 fully saturated rings. The minimum absolute atomic E-state index is 0.0621. The highest BCUT2D eigenvalue weighted by atomic mass is 32.2. The lowest BCUT2D eigenvalue weighted by Gasteiger charge is -2.38. The van der Waals surface area contributed by atoms with Crippen LogP contribution in [-0.4, -0.2) is 36.8 Å². The summed E-state index contributed by atoms with van der Waals surface area (Å²) in [6.45, 7) is 5.33. The molecular weight excluding hydrogens is 446 g/mol. The van der Waals surface area contributed by atoms with E-state index in [1.165, 1.54) is 12.1 Å². The molecule has 2 heterocycles. The third-order valence-electron chi connectivity index (χ3n) is 6.29. The number of nitro groups is 1. The summed E-state index contributed by atoms with van der Waals surface area (Å²) in [5, 5.41) is 28.9. The highest BCUT2D eigenvalue weighted by Gasteiger charge is 2.30. The van der Waals surface area contributed by atoms with Crippen LogP contribution < -0.4 is 9.62 Å². The van der Waals surface area contributed by atoms with Gasteiger partial charge in [-0.05, 0) is 56.7 Å². The zero-order valence-electron chi connectivity index (χ0n) is 18.6. The van der Waals surface area contributed by atoms with E-state index in [0.29, 0.717) is 24.2 Å². The van der Waals surface area contributed by atoms with Crippen molar-refractivity contribution in [2.75, 3.05) is 22.7 Å². The van der Waals surface area contributed by atoms with Gasteiger partial charge in [0.05, 0.1) is 15.9 Å². The van der Waals surface area contributed by atoms with Gasteiger partial charge in [-0.3, -0.25) is 14.8 Å². The Balaban J connectivity index is 1.85. The van der Waals surface area contributed by atoms with Crippen LogP contribution in [0.2, 0.25) is 0 Å². The molecule has 10 nitrogen and oxygen atoms in total. The average molecular weight is 474 g/mol. The van der Waals surface area contributed by atoms with Crippen molar-refractivity contribution in [3.63, 3.8) is 0 Å². The van der Waals surface area contributed by atoms with Crippen LogP contribution >= 0.6 is 0 Å². The predicted molar refractivity (Wildman–Crippen MR) is 127 cm³/mol. The molecule has 0 amide bonds. The fourth-order valence-corrected chi connectivity index (χ4v) is 5.46. The first kappa shape index (κ1) is 23.0. The molecule has 2 aromatic rings. The van der Waals surface area contributed by atoms with Gasteiger partial charge in [0.2, 0.25) is 10.0 Å². The Morgan fingerprint density at radius 2 is 1.88 bits per heavy atom. The lowest BCUT2D eigenvalue weighted by Crippen LogP contribution is -2.35. The Morgan fingerprint density at radius 3 is 2.58 bits per heavy atom. The molecule has 2 aliphatic rings. The number of hydrogen-bond donors (Lipinski definition) is 2. The highest BCUT2D eigenvalue weighted by molar-refractivity contribution is 7.93. The molecule has 2 aromatic carbocycles. The zero-order chi connectivity index (χ0) is 23.8. The minimum Gasteiger partial charge on any atom is -0.506 e. The SMILES string of the molecule is CCC(C)S(=O)(=O)Nc1c(N=Nc2cc([N+](=O)[O-])ccc2O)cc2c3c1CCCN3CCC2. The van der Waals surface area contributed by atoms with Crippen molar-refractivity contribution in [2.45, 2.75) is 51.2 Å². The maximum absolute atomic E-state index is 13.0. The van der Waals surface area contributed by atoms with E-state index < -0.39 is 20.2 Å². The lowest BCUT2D eigenvalue weighted by atomic mass is 9.90. The number of aryl methyl sites for hydroxylation is 1. The van der Waals surface area contributed by atoms with Gasteiger partial charge >= 0.3 is 0 Å². The van der Waals surface area contributed by atoms with Gasteiger partial charge in [-0.2, -0.15) is 0 Å². The Morgan fingerprint density at radius 1 is 1.18 bits per heavy atom. The second-order valence-electron chi connectivity index (χ2n) is 8.45. The molecule has 11 heteroatoms. The van der Waals surface area contributed by atoms with Crippen LogP contribution in [-0.2, 0) is 22.9 Å². The van der Waals surface area contributed by atoms with E-state index in [1.807, 2.05) is 13.0 Å². The molecule has 0 radical (unpaired) electrons. The van der Waals surface area contributed by atoms with Crippen LogP contribution in [0, 0.1) is 10.1 Å². The van der Waals surface area contributed by atoms with Crippen LogP contribution in [0.15, 0.2) is 34.5 Å². The van der Waals surface area contributed by atoms with Gasteiger partial charge < -0.3 is 10.0 Å². The quantitative estimate of drug-likeness (QED) is 0.331. The van der Waals surface area contributed by atoms with Gasteiger partial charge in [0, 0.05) is 36.5 Å².